The first kappa shape index (κ1) is 16.5. The second kappa shape index (κ2) is 6.75. The number of aryl methyl sites for hydroxylation is 1. The molecule has 5 nitrogen and oxygen atoms in total. The molecule has 1 aromatic carbocycles. The van der Waals surface area contributed by atoms with Crippen LogP contribution >= 0.6 is 0 Å². The van der Waals surface area contributed by atoms with Crippen LogP contribution in [0.3, 0.4) is 0 Å². The number of rotatable bonds is 3. The van der Waals surface area contributed by atoms with E-state index in [-0.39, 0.29) is 0 Å². The summed E-state index contributed by atoms with van der Waals surface area (Å²) in [4.78, 5) is 2.51. The van der Waals surface area contributed by atoms with Crippen LogP contribution in [0.2, 0.25) is 0 Å². The fourth-order valence-corrected chi connectivity index (χ4v) is 6.04. The van der Waals surface area contributed by atoms with Gasteiger partial charge in [0.15, 0.2) is 0 Å². The molecule has 1 aliphatic carbocycles. The number of fused-ring (bicyclic) bond motifs is 1. The SMILES string of the molecule is O=S(=O)(N1CCCC1)N1CCN(C2CCc3ccccc3C2)CC1. The molecule has 2 heterocycles. The Morgan fingerprint density at radius 1 is 0.833 bits per heavy atom. The molecule has 3 aliphatic rings. The quantitative estimate of drug-likeness (QED) is 0.831. The van der Waals surface area contributed by atoms with Crippen LogP contribution in [0.5, 0.6) is 0 Å². The third-order valence-electron chi connectivity index (χ3n) is 5.83. The van der Waals surface area contributed by atoms with E-state index in [1.807, 2.05) is 0 Å². The fraction of sp³-hybridized carbons (Fsp3) is 0.667. The molecule has 6 heteroatoms. The van der Waals surface area contributed by atoms with Crippen LogP contribution in [0, 0.1) is 0 Å². The van der Waals surface area contributed by atoms with Gasteiger partial charge in [-0.2, -0.15) is 17.0 Å². The monoisotopic (exact) mass is 349 g/mol. The Labute approximate surface area is 145 Å². The van der Waals surface area contributed by atoms with Gasteiger partial charge in [0.1, 0.15) is 0 Å². The Hall–Kier alpha value is -0.950. The Bertz CT molecular complexity index is 677. The molecule has 24 heavy (non-hydrogen) atoms. The predicted octanol–water partition coefficient (Wildman–Crippen LogP) is 1.50. The Balaban J connectivity index is 1.37. The van der Waals surface area contributed by atoms with E-state index in [1.165, 1.54) is 17.5 Å². The van der Waals surface area contributed by atoms with Crippen molar-refractivity contribution in [3.05, 3.63) is 35.4 Å². The maximum Gasteiger partial charge on any atom is 0.282 e. The van der Waals surface area contributed by atoms with Crippen molar-refractivity contribution in [2.45, 2.75) is 38.1 Å². The standard InChI is InChI=1S/C18H27N3O2S/c22-24(23,20-9-3-4-10-20)21-13-11-19(12-14-21)18-8-7-16-5-1-2-6-17(16)15-18/h1-2,5-6,18H,3-4,7-15H2. The van der Waals surface area contributed by atoms with Crippen molar-refractivity contribution < 1.29 is 8.42 Å². The van der Waals surface area contributed by atoms with Gasteiger partial charge < -0.3 is 0 Å². The van der Waals surface area contributed by atoms with Gasteiger partial charge >= 0.3 is 0 Å². The summed E-state index contributed by atoms with van der Waals surface area (Å²) in [6.45, 7) is 4.39. The van der Waals surface area contributed by atoms with Gasteiger partial charge in [0, 0.05) is 45.3 Å². The lowest BCUT2D eigenvalue weighted by Crippen LogP contribution is -2.55. The van der Waals surface area contributed by atoms with E-state index in [1.54, 1.807) is 8.61 Å². The number of benzene rings is 1. The third-order valence-corrected chi connectivity index (χ3v) is 7.86. The maximum atomic E-state index is 12.7. The largest absolute Gasteiger partial charge is 0.297 e. The van der Waals surface area contributed by atoms with Gasteiger partial charge in [0.05, 0.1) is 0 Å². The zero-order valence-electron chi connectivity index (χ0n) is 14.2. The lowest BCUT2D eigenvalue weighted by atomic mass is 9.87. The topological polar surface area (TPSA) is 43.9 Å². The number of nitrogens with zero attached hydrogens (tertiary/aromatic N) is 3. The average Bonchev–Trinajstić information content (AvgIpc) is 3.17. The van der Waals surface area contributed by atoms with E-state index in [4.69, 9.17) is 0 Å². The van der Waals surface area contributed by atoms with Gasteiger partial charge in [0.25, 0.3) is 10.2 Å². The smallest absolute Gasteiger partial charge is 0.282 e. The van der Waals surface area contributed by atoms with Crippen molar-refractivity contribution in [2.24, 2.45) is 0 Å². The van der Waals surface area contributed by atoms with Gasteiger partial charge in [-0.1, -0.05) is 24.3 Å². The summed E-state index contributed by atoms with van der Waals surface area (Å²) in [7, 11) is -3.22. The summed E-state index contributed by atoms with van der Waals surface area (Å²) in [5.41, 5.74) is 2.96. The predicted molar refractivity (Wildman–Crippen MR) is 95.1 cm³/mol. The van der Waals surface area contributed by atoms with Crippen LogP contribution in [0.15, 0.2) is 24.3 Å². The molecule has 1 aromatic rings. The van der Waals surface area contributed by atoms with Crippen LogP contribution in [0.4, 0.5) is 0 Å². The summed E-state index contributed by atoms with van der Waals surface area (Å²) in [5.74, 6) is 0. The first-order valence-electron chi connectivity index (χ1n) is 9.21. The molecular formula is C18H27N3O2S. The molecule has 0 bridgehead atoms. The zero-order chi connectivity index (χ0) is 16.6. The molecule has 1 unspecified atom stereocenters. The van der Waals surface area contributed by atoms with Crippen molar-refractivity contribution in [1.29, 1.82) is 0 Å². The maximum absolute atomic E-state index is 12.7. The normalized spacial score (nSPS) is 27.2. The second-order valence-corrected chi connectivity index (χ2v) is 9.14. The highest BCUT2D eigenvalue weighted by Crippen LogP contribution is 2.26. The van der Waals surface area contributed by atoms with Crippen LogP contribution in [0.1, 0.15) is 30.4 Å². The van der Waals surface area contributed by atoms with Crippen molar-refractivity contribution in [3.8, 4) is 0 Å². The summed E-state index contributed by atoms with van der Waals surface area (Å²) >= 11 is 0. The van der Waals surface area contributed by atoms with Crippen LogP contribution in [-0.4, -0.2) is 67.2 Å². The molecule has 0 N–H and O–H groups in total. The molecule has 0 aromatic heterocycles. The summed E-state index contributed by atoms with van der Waals surface area (Å²) in [5, 5.41) is 0. The summed E-state index contributed by atoms with van der Waals surface area (Å²) < 4.78 is 28.7. The van der Waals surface area contributed by atoms with Gasteiger partial charge in [-0.25, -0.2) is 0 Å². The summed E-state index contributed by atoms with van der Waals surface area (Å²) in [6.07, 6.45) is 5.44. The van der Waals surface area contributed by atoms with E-state index in [2.05, 4.69) is 29.2 Å². The molecule has 1 atom stereocenters. The lowest BCUT2D eigenvalue weighted by Gasteiger charge is -2.41. The molecule has 2 saturated heterocycles. The van der Waals surface area contributed by atoms with Gasteiger partial charge in [-0.3, -0.25) is 4.90 Å². The number of hydrogen-bond donors (Lipinski definition) is 0. The van der Waals surface area contributed by atoms with E-state index < -0.39 is 10.2 Å². The van der Waals surface area contributed by atoms with Crippen molar-refractivity contribution >= 4 is 10.2 Å². The van der Waals surface area contributed by atoms with Gasteiger partial charge in [-0.15, -0.1) is 0 Å². The minimum atomic E-state index is -3.22. The van der Waals surface area contributed by atoms with Crippen molar-refractivity contribution in [2.75, 3.05) is 39.3 Å². The Kier molecular flexibility index (Phi) is 4.64. The van der Waals surface area contributed by atoms with Crippen LogP contribution in [-0.2, 0) is 23.1 Å². The number of hydrogen-bond acceptors (Lipinski definition) is 3. The first-order valence-corrected chi connectivity index (χ1v) is 10.6. The Morgan fingerprint density at radius 2 is 1.46 bits per heavy atom. The lowest BCUT2D eigenvalue weighted by molar-refractivity contribution is 0.124. The highest BCUT2D eigenvalue weighted by Gasteiger charge is 2.35. The summed E-state index contributed by atoms with van der Waals surface area (Å²) in [6, 6.07) is 9.31. The van der Waals surface area contributed by atoms with E-state index >= 15 is 0 Å². The highest BCUT2D eigenvalue weighted by atomic mass is 32.2. The Morgan fingerprint density at radius 3 is 2.17 bits per heavy atom. The zero-order valence-corrected chi connectivity index (χ0v) is 15.0. The fourth-order valence-electron chi connectivity index (χ4n) is 4.37. The molecule has 2 aliphatic heterocycles. The van der Waals surface area contributed by atoms with Crippen LogP contribution in [0.25, 0.3) is 0 Å². The van der Waals surface area contributed by atoms with Crippen LogP contribution < -0.4 is 0 Å². The third kappa shape index (κ3) is 3.12. The molecule has 4 rings (SSSR count). The van der Waals surface area contributed by atoms with E-state index in [9.17, 15) is 8.42 Å². The van der Waals surface area contributed by atoms with Crippen molar-refractivity contribution in [1.82, 2.24) is 13.5 Å². The molecule has 132 valence electrons. The second-order valence-electron chi connectivity index (χ2n) is 7.21. The van der Waals surface area contributed by atoms with Gasteiger partial charge in [-0.05, 0) is 43.2 Å². The minimum absolute atomic E-state index is 0.566. The molecule has 0 amide bonds. The first-order chi connectivity index (χ1) is 11.6. The number of piperazine rings is 1. The van der Waals surface area contributed by atoms with E-state index in [0.29, 0.717) is 32.2 Å². The molecular weight excluding hydrogens is 322 g/mol. The van der Waals surface area contributed by atoms with Gasteiger partial charge in [0.2, 0.25) is 0 Å². The highest BCUT2D eigenvalue weighted by molar-refractivity contribution is 7.86. The average molecular weight is 350 g/mol. The molecule has 2 fully saturated rings. The molecule has 0 spiro atoms. The minimum Gasteiger partial charge on any atom is -0.297 e. The molecule has 0 radical (unpaired) electrons. The molecule has 0 saturated carbocycles. The van der Waals surface area contributed by atoms with E-state index in [0.717, 1.165) is 38.8 Å². The van der Waals surface area contributed by atoms with Crippen molar-refractivity contribution in [3.63, 3.8) is 0 Å².